The van der Waals surface area contributed by atoms with Gasteiger partial charge >= 0.3 is 5.97 Å². The molecule has 1 aliphatic heterocycles. The van der Waals surface area contributed by atoms with E-state index >= 15 is 0 Å². The molecule has 4 nitrogen and oxygen atoms in total. The first-order chi connectivity index (χ1) is 11.6. The van der Waals surface area contributed by atoms with Crippen molar-refractivity contribution in [1.82, 2.24) is 4.90 Å². The molecule has 1 aliphatic rings. The van der Waals surface area contributed by atoms with E-state index in [0.717, 1.165) is 11.1 Å². The minimum Gasteiger partial charge on any atom is -0.480 e. The van der Waals surface area contributed by atoms with Crippen molar-refractivity contribution in [2.24, 2.45) is 5.92 Å². The molecule has 0 amide bonds. The highest BCUT2D eigenvalue weighted by Gasteiger charge is 2.47. The van der Waals surface area contributed by atoms with Gasteiger partial charge in [-0.2, -0.15) is 0 Å². The van der Waals surface area contributed by atoms with Gasteiger partial charge in [-0.15, -0.1) is 0 Å². The zero-order valence-corrected chi connectivity index (χ0v) is 13.8. The maximum Gasteiger partial charge on any atom is 0.328 e. The number of hydrogen-bond acceptors (Lipinski definition) is 3. The van der Waals surface area contributed by atoms with Crippen LogP contribution in [-0.2, 0) is 10.3 Å². The molecule has 0 aliphatic carbocycles. The lowest BCUT2D eigenvalue weighted by molar-refractivity contribution is -0.150. The molecule has 0 radical (unpaired) electrons. The Morgan fingerprint density at radius 1 is 1.08 bits per heavy atom. The molecule has 2 aromatic rings. The summed E-state index contributed by atoms with van der Waals surface area (Å²) in [6.07, 6.45) is 0. The van der Waals surface area contributed by atoms with Gasteiger partial charge in [0.25, 0.3) is 0 Å². The van der Waals surface area contributed by atoms with Crippen molar-refractivity contribution in [3.8, 4) is 0 Å². The Bertz CT molecular complexity index is 689. The fourth-order valence-electron chi connectivity index (χ4n) is 3.70. The van der Waals surface area contributed by atoms with E-state index in [0.29, 0.717) is 13.1 Å². The van der Waals surface area contributed by atoms with Gasteiger partial charge in [-0.1, -0.05) is 60.7 Å². The quantitative estimate of drug-likeness (QED) is 0.887. The summed E-state index contributed by atoms with van der Waals surface area (Å²) in [5.41, 5.74) is 0.820. The molecule has 0 unspecified atom stereocenters. The topological polar surface area (TPSA) is 60.8 Å². The van der Waals surface area contributed by atoms with Crippen LogP contribution in [0.3, 0.4) is 0 Å². The fraction of sp³-hybridized carbons (Fsp3) is 0.350. The summed E-state index contributed by atoms with van der Waals surface area (Å²) in [5, 5.41) is 19.8. The second-order valence-corrected chi connectivity index (χ2v) is 6.61. The molecular weight excluding hydrogens is 302 g/mol. The van der Waals surface area contributed by atoms with Crippen molar-refractivity contribution in [3.05, 3.63) is 71.8 Å². The Labute approximate surface area is 142 Å². The van der Waals surface area contributed by atoms with E-state index in [9.17, 15) is 15.0 Å². The summed E-state index contributed by atoms with van der Waals surface area (Å²) in [7, 11) is 0. The number of aliphatic hydroxyl groups is 1. The number of carboxylic acids is 1. The summed E-state index contributed by atoms with van der Waals surface area (Å²) < 4.78 is 0. The minimum absolute atomic E-state index is 0.0368. The number of nitrogens with zero attached hydrogens (tertiary/aromatic N) is 1. The Balaban J connectivity index is 1.95. The second-order valence-electron chi connectivity index (χ2n) is 6.61. The summed E-state index contributed by atoms with van der Waals surface area (Å²) in [5.74, 6) is -0.688. The zero-order valence-electron chi connectivity index (χ0n) is 13.8. The van der Waals surface area contributed by atoms with E-state index in [2.05, 4.69) is 12.1 Å². The van der Waals surface area contributed by atoms with E-state index in [1.54, 1.807) is 6.92 Å². The number of aliphatic hydroxyl groups excluding tert-OH is 1. The predicted molar refractivity (Wildman–Crippen MR) is 92.8 cm³/mol. The van der Waals surface area contributed by atoms with E-state index in [1.807, 2.05) is 53.4 Å². The van der Waals surface area contributed by atoms with Gasteiger partial charge in [-0.05, 0) is 18.1 Å². The Hall–Kier alpha value is -2.17. The molecule has 0 bridgehead atoms. The third kappa shape index (κ3) is 2.83. The molecule has 0 saturated carbocycles. The molecule has 1 heterocycles. The van der Waals surface area contributed by atoms with Gasteiger partial charge in [-0.3, -0.25) is 4.90 Å². The number of carboxylic acid groups (broad SMARTS) is 1. The van der Waals surface area contributed by atoms with Crippen LogP contribution in [0.1, 0.15) is 24.0 Å². The van der Waals surface area contributed by atoms with Gasteiger partial charge < -0.3 is 10.2 Å². The largest absolute Gasteiger partial charge is 0.480 e. The molecule has 3 atom stereocenters. The molecule has 126 valence electrons. The number of likely N-dealkylation sites (tertiary alicyclic amines) is 1. The highest BCUT2D eigenvalue weighted by atomic mass is 16.4. The first-order valence-corrected chi connectivity index (χ1v) is 8.27. The third-order valence-electron chi connectivity index (χ3n) is 5.29. The number of benzene rings is 2. The zero-order chi connectivity index (χ0) is 17.2. The van der Waals surface area contributed by atoms with Crippen molar-refractivity contribution in [2.45, 2.75) is 18.4 Å². The van der Waals surface area contributed by atoms with Crippen LogP contribution >= 0.6 is 0 Å². The molecule has 1 saturated heterocycles. The van der Waals surface area contributed by atoms with Crippen LogP contribution in [0.2, 0.25) is 0 Å². The first-order valence-electron chi connectivity index (χ1n) is 8.27. The van der Waals surface area contributed by atoms with Gasteiger partial charge in [0.2, 0.25) is 0 Å². The van der Waals surface area contributed by atoms with E-state index < -0.39 is 11.5 Å². The van der Waals surface area contributed by atoms with Crippen LogP contribution in [0, 0.1) is 5.92 Å². The lowest BCUT2D eigenvalue weighted by Crippen LogP contribution is -2.49. The van der Waals surface area contributed by atoms with E-state index in [-0.39, 0.29) is 18.4 Å². The standard InChI is InChI=1S/C20H23NO3/c1-20(19(23)24,17-10-6-3-7-11-17)21-12-16(14-22)18(13-21)15-8-4-2-5-9-15/h2-11,16,18,22H,12-14H2,1H3,(H,23,24)/t16-,18+,20-/m0/s1. The second kappa shape index (κ2) is 6.75. The summed E-state index contributed by atoms with van der Waals surface area (Å²) in [6, 6.07) is 19.4. The Kier molecular flexibility index (Phi) is 4.69. The highest BCUT2D eigenvalue weighted by molar-refractivity contribution is 5.80. The molecule has 0 spiro atoms. The molecule has 0 aromatic heterocycles. The van der Waals surface area contributed by atoms with Crippen LogP contribution in [0.5, 0.6) is 0 Å². The molecule has 2 N–H and O–H groups in total. The molecular formula is C20H23NO3. The van der Waals surface area contributed by atoms with Crippen molar-refractivity contribution in [2.75, 3.05) is 19.7 Å². The lowest BCUT2D eigenvalue weighted by Gasteiger charge is -2.35. The van der Waals surface area contributed by atoms with Crippen molar-refractivity contribution < 1.29 is 15.0 Å². The van der Waals surface area contributed by atoms with Crippen molar-refractivity contribution >= 4 is 5.97 Å². The molecule has 1 fully saturated rings. The maximum atomic E-state index is 12.1. The predicted octanol–water partition coefficient (Wildman–Crippen LogP) is 2.69. The van der Waals surface area contributed by atoms with Gasteiger partial charge in [0.05, 0.1) is 0 Å². The number of carbonyl (C=O) groups is 1. The molecule has 3 rings (SSSR count). The van der Waals surface area contributed by atoms with Crippen molar-refractivity contribution in [1.29, 1.82) is 0 Å². The van der Waals surface area contributed by atoms with Crippen LogP contribution in [0.15, 0.2) is 60.7 Å². The normalized spacial score (nSPS) is 23.8. The van der Waals surface area contributed by atoms with E-state index in [1.165, 1.54) is 0 Å². The molecule has 2 aromatic carbocycles. The first kappa shape index (κ1) is 16.7. The number of aliphatic carboxylic acids is 1. The van der Waals surface area contributed by atoms with Gasteiger partial charge in [-0.25, -0.2) is 4.79 Å². The van der Waals surface area contributed by atoms with Gasteiger partial charge in [0.15, 0.2) is 0 Å². The van der Waals surface area contributed by atoms with Crippen LogP contribution in [0.4, 0.5) is 0 Å². The average molecular weight is 325 g/mol. The van der Waals surface area contributed by atoms with Crippen molar-refractivity contribution in [3.63, 3.8) is 0 Å². The summed E-state index contributed by atoms with van der Waals surface area (Å²) in [6.45, 7) is 2.99. The maximum absolute atomic E-state index is 12.1. The number of rotatable bonds is 5. The van der Waals surface area contributed by atoms with Crippen LogP contribution < -0.4 is 0 Å². The smallest absolute Gasteiger partial charge is 0.328 e. The minimum atomic E-state index is -1.10. The summed E-state index contributed by atoms with van der Waals surface area (Å²) >= 11 is 0. The van der Waals surface area contributed by atoms with Crippen LogP contribution in [0.25, 0.3) is 0 Å². The Morgan fingerprint density at radius 2 is 1.67 bits per heavy atom. The highest BCUT2D eigenvalue weighted by Crippen LogP contribution is 2.40. The fourth-order valence-corrected chi connectivity index (χ4v) is 3.70. The SMILES string of the molecule is C[C@@](C(=O)O)(c1ccccc1)N1C[C@@H](CO)[C@@H](c2ccccc2)C1. The Morgan fingerprint density at radius 3 is 2.21 bits per heavy atom. The van der Waals surface area contributed by atoms with Gasteiger partial charge in [0, 0.05) is 31.5 Å². The number of hydrogen-bond donors (Lipinski definition) is 2. The average Bonchev–Trinajstić information content (AvgIpc) is 3.07. The summed E-state index contributed by atoms with van der Waals surface area (Å²) in [4.78, 5) is 14.1. The third-order valence-corrected chi connectivity index (χ3v) is 5.29. The van der Waals surface area contributed by atoms with E-state index in [4.69, 9.17) is 0 Å². The van der Waals surface area contributed by atoms with Gasteiger partial charge in [0.1, 0.15) is 5.54 Å². The molecule has 4 heteroatoms. The molecule has 24 heavy (non-hydrogen) atoms. The van der Waals surface area contributed by atoms with Crippen LogP contribution in [-0.4, -0.2) is 40.8 Å². The lowest BCUT2D eigenvalue weighted by atomic mass is 9.89. The monoisotopic (exact) mass is 325 g/mol.